The fourth-order valence-corrected chi connectivity index (χ4v) is 2.41. The van der Waals surface area contributed by atoms with Gasteiger partial charge in [-0.05, 0) is 18.6 Å². The van der Waals surface area contributed by atoms with E-state index in [0.29, 0.717) is 16.5 Å². The number of hydrogen-bond donors (Lipinski definition) is 1. The highest BCUT2D eigenvalue weighted by atomic mass is 35.5. The van der Waals surface area contributed by atoms with E-state index in [1.807, 2.05) is 43.1 Å². The number of rotatable bonds is 4. The first-order chi connectivity index (χ1) is 9.52. The van der Waals surface area contributed by atoms with Crippen molar-refractivity contribution in [3.63, 3.8) is 0 Å². The number of benzene rings is 1. The quantitative estimate of drug-likeness (QED) is 0.880. The average molecular weight is 307 g/mol. The van der Waals surface area contributed by atoms with Crippen LogP contribution in [0.15, 0.2) is 36.7 Å². The van der Waals surface area contributed by atoms with Crippen LogP contribution in [0.2, 0.25) is 5.02 Å². The number of halogens is 1. The molecule has 1 unspecified atom stereocenters. The Labute approximate surface area is 128 Å². The van der Waals surface area contributed by atoms with Crippen molar-refractivity contribution in [3.8, 4) is 0 Å². The van der Waals surface area contributed by atoms with Crippen molar-refractivity contribution in [3.05, 3.63) is 52.9 Å². The molecule has 0 spiro atoms. The molecule has 0 aliphatic heterocycles. The van der Waals surface area contributed by atoms with Crippen LogP contribution in [-0.4, -0.2) is 22.0 Å². The van der Waals surface area contributed by atoms with Crippen LogP contribution < -0.4 is 10.6 Å². The van der Waals surface area contributed by atoms with Gasteiger partial charge in [-0.15, -0.1) is 0 Å². The van der Waals surface area contributed by atoms with Crippen molar-refractivity contribution in [2.24, 2.45) is 5.73 Å². The van der Waals surface area contributed by atoms with Crippen molar-refractivity contribution < 1.29 is 0 Å². The Morgan fingerprint density at radius 1 is 1.30 bits per heavy atom. The van der Waals surface area contributed by atoms with Gasteiger partial charge in [0.25, 0.3) is 0 Å². The first-order valence-corrected chi connectivity index (χ1v) is 6.89. The van der Waals surface area contributed by atoms with Gasteiger partial charge in [-0.2, -0.15) is 0 Å². The summed E-state index contributed by atoms with van der Waals surface area (Å²) in [4.78, 5) is 10.7. The first-order valence-electron chi connectivity index (χ1n) is 6.10. The fraction of sp³-hybridized carbons (Fsp3) is 0.214. The maximum absolute atomic E-state index is 6.24. The summed E-state index contributed by atoms with van der Waals surface area (Å²) in [6.45, 7) is 2.04. The molecule has 4 nitrogen and oxygen atoms in total. The largest absolute Gasteiger partial charge is 0.388 e. The maximum atomic E-state index is 6.24. The van der Waals surface area contributed by atoms with Gasteiger partial charge in [-0.3, -0.25) is 0 Å². The molecule has 0 bridgehead atoms. The molecule has 0 amide bonds. The predicted molar refractivity (Wildman–Crippen MR) is 86.2 cm³/mol. The van der Waals surface area contributed by atoms with Crippen LogP contribution in [0.5, 0.6) is 0 Å². The van der Waals surface area contributed by atoms with E-state index in [1.165, 1.54) is 0 Å². The minimum absolute atomic E-state index is 0.0218. The van der Waals surface area contributed by atoms with Crippen LogP contribution in [0.25, 0.3) is 0 Å². The molecule has 2 N–H and O–H groups in total. The van der Waals surface area contributed by atoms with Crippen molar-refractivity contribution in [1.82, 2.24) is 9.97 Å². The molecule has 6 heteroatoms. The van der Waals surface area contributed by atoms with E-state index in [2.05, 4.69) is 9.97 Å². The van der Waals surface area contributed by atoms with Crippen LogP contribution in [0.1, 0.15) is 24.2 Å². The summed E-state index contributed by atoms with van der Waals surface area (Å²) in [7, 11) is 1.92. The van der Waals surface area contributed by atoms with Crippen molar-refractivity contribution in [1.29, 1.82) is 0 Å². The van der Waals surface area contributed by atoms with Crippen LogP contribution in [0, 0.1) is 0 Å². The van der Waals surface area contributed by atoms with Crippen LogP contribution in [0.3, 0.4) is 0 Å². The van der Waals surface area contributed by atoms with Gasteiger partial charge in [0.1, 0.15) is 10.7 Å². The maximum Gasteiger partial charge on any atom is 0.157 e. The molecule has 1 heterocycles. The second kappa shape index (κ2) is 6.15. The van der Waals surface area contributed by atoms with Gasteiger partial charge in [0.05, 0.1) is 6.04 Å². The molecule has 0 fully saturated rings. The van der Waals surface area contributed by atoms with E-state index < -0.39 is 0 Å². The smallest absolute Gasteiger partial charge is 0.157 e. The lowest BCUT2D eigenvalue weighted by Gasteiger charge is -2.28. The summed E-state index contributed by atoms with van der Waals surface area (Å²) in [5.74, 6) is 0.646. The van der Waals surface area contributed by atoms with Gasteiger partial charge in [-0.25, -0.2) is 9.97 Å². The molecule has 0 saturated carbocycles. The van der Waals surface area contributed by atoms with Crippen molar-refractivity contribution >= 4 is 34.6 Å². The average Bonchev–Trinajstić information content (AvgIpc) is 2.46. The second-order valence-electron chi connectivity index (χ2n) is 4.40. The summed E-state index contributed by atoms with van der Waals surface area (Å²) in [5.41, 5.74) is 7.23. The van der Waals surface area contributed by atoms with Gasteiger partial charge in [0.2, 0.25) is 0 Å². The van der Waals surface area contributed by atoms with Crippen molar-refractivity contribution in [2.75, 3.05) is 11.9 Å². The lowest BCUT2D eigenvalue weighted by Crippen LogP contribution is -2.27. The molecule has 1 aromatic heterocycles. The van der Waals surface area contributed by atoms with Crippen LogP contribution >= 0.6 is 23.8 Å². The third-order valence-electron chi connectivity index (χ3n) is 3.18. The van der Waals surface area contributed by atoms with E-state index in [1.54, 1.807) is 12.4 Å². The van der Waals surface area contributed by atoms with E-state index in [0.717, 1.165) is 5.56 Å². The molecular weight excluding hydrogens is 292 g/mol. The summed E-state index contributed by atoms with van der Waals surface area (Å²) in [6.07, 6.45) is 3.19. The number of hydrogen-bond acceptors (Lipinski definition) is 4. The third kappa shape index (κ3) is 2.89. The lowest BCUT2D eigenvalue weighted by atomic mass is 10.1. The summed E-state index contributed by atoms with van der Waals surface area (Å²) >= 11 is 11.3. The fourth-order valence-electron chi connectivity index (χ4n) is 1.97. The van der Waals surface area contributed by atoms with Crippen LogP contribution in [0.4, 0.5) is 5.82 Å². The van der Waals surface area contributed by atoms with Gasteiger partial charge >= 0.3 is 0 Å². The minimum atomic E-state index is 0.0218. The Morgan fingerprint density at radius 3 is 2.60 bits per heavy atom. The second-order valence-corrected chi connectivity index (χ2v) is 5.25. The Bertz CT molecular complexity index is 632. The molecule has 0 saturated heterocycles. The molecule has 104 valence electrons. The van der Waals surface area contributed by atoms with Crippen molar-refractivity contribution in [2.45, 2.75) is 13.0 Å². The van der Waals surface area contributed by atoms with Gasteiger partial charge in [0, 0.05) is 24.5 Å². The van der Waals surface area contributed by atoms with E-state index >= 15 is 0 Å². The van der Waals surface area contributed by atoms with E-state index in [-0.39, 0.29) is 11.0 Å². The normalized spacial score (nSPS) is 11.9. The van der Waals surface area contributed by atoms with Crippen LogP contribution in [-0.2, 0) is 0 Å². The Balaban J connectivity index is 2.39. The molecule has 1 aromatic carbocycles. The zero-order chi connectivity index (χ0) is 14.7. The summed E-state index contributed by atoms with van der Waals surface area (Å²) < 4.78 is 0. The van der Waals surface area contributed by atoms with E-state index in [4.69, 9.17) is 29.6 Å². The van der Waals surface area contributed by atoms with Gasteiger partial charge in [-0.1, -0.05) is 42.0 Å². The molecule has 20 heavy (non-hydrogen) atoms. The molecule has 0 aliphatic rings. The Kier molecular flexibility index (Phi) is 4.52. The monoisotopic (exact) mass is 306 g/mol. The number of aromatic nitrogens is 2. The van der Waals surface area contributed by atoms with Gasteiger partial charge in [0.15, 0.2) is 5.82 Å². The summed E-state index contributed by atoms with van der Waals surface area (Å²) in [5, 5.41) is 0.715. The number of anilines is 1. The molecule has 2 rings (SSSR count). The highest BCUT2D eigenvalue weighted by Gasteiger charge is 2.19. The topological polar surface area (TPSA) is 55.0 Å². The zero-order valence-electron chi connectivity index (χ0n) is 11.2. The Hall–Kier alpha value is -1.72. The SMILES string of the molecule is CC(c1ccccc1Cl)N(C)c1nccnc1C(N)=S. The molecule has 1 atom stereocenters. The highest BCUT2D eigenvalue weighted by molar-refractivity contribution is 7.80. The molecule has 0 aliphatic carbocycles. The lowest BCUT2D eigenvalue weighted by molar-refractivity contribution is 0.725. The predicted octanol–water partition coefficient (Wildman–Crippen LogP) is 2.96. The molecule has 2 aromatic rings. The summed E-state index contributed by atoms with van der Waals surface area (Å²) in [6, 6.07) is 7.73. The number of nitrogens with zero attached hydrogens (tertiary/aromatic N) is 3. The molecule has 0 radical (unpaired) electrons. The molecular formula is C14H15ClN4S. The highest BCUT2D eigenvalue weighted by Crippen LogP contribution is 2.29. The minimum Gasteiger partial charge on any atom is -0.388 e. The zero-order valence-corrected chi connectivity index (χ0v) is 12.8. The Morgan fingerprint density at radius 2 is 1.95 bits per heavy atom. The van der Waals surface area contributed by atoms with E-state index in [9.17, 15) is 0 Å². The standard InChI is InChI=1S/C14H15ClN4S/c1-9(10-5-3-4-6-11(10)15)19(2)14-12(13(16)20)17-7-8-18-14/h3-9H,1-2H3,(H2,16,20). The number of thiocarbonyl (C=S) groups is 1. The van der Waals surface area contributed by atoms with Gasteiger partial charge < -0.3 is 10.6 Å². The number of nitrogens with two attached hydrogens (primary N) is 1. The third-order valence-corrected chi connectivity index (χ3v) is 3.72. The first kappa shape index (κ1) is 14.7.